The summed E-state index contributed by atoms with van der Waals surface area (Å²) in [5.41, 5.74) is 4.54. The number of hydrogen-bond acceptors (Lipinski definition) is 6. The van der Waals surface area contributed by atoms with E-state index in [4.69, 9.17) is 27.9 Å². The highest BCUT2D eigenvalue weighted by Crippen LogP contribution is 2.22. The molecule has 0 saturated heterocycles. The number of ether oxygens (including phenoxy) is 1. The molecule has 0 saturated carbocycles. The Morgan fingerprint density at radius 1 is 1.25 bits per heavy atom. The van der Waals surface area contributed by atoms with Gasteiger partial charge in [-0.15, -0.1) is 22.7 Å². The van der Waals surface area contributed by atoms with Gasteiger partial charge in [-0.25, -0.2) is 14.8 Å². The number of nitrogens with one attached hydrogen (secondary N) is 2. The fraction of sp³-hybridized carbons (Fsp3) is 0.278. The number of urea groups is 1. The van der Waals surface area contributed by atoms with Gasteiger partial charge in [0.05, 0.1) is 40.2 Å². The lowest BCUT2D eigenvalue weighted by atomic mass is 10.2. The summed E-state index contributed by atoms with van der Waals surface area (Å²) in [5.74, 6) is 0. The predicted molar refractivity (Wildman–Crippen MR) is 115 cm³/mol. The third-order valence-electron chi connectivity index (χ3n) is 3.78. The number of rotatable bonds is 8. The molecule has 0 unspecified atom stereocenters. The Morgan fingerprint density at radius 3 is 2.86 bits per heavy atom. The molecule has 0 radical (unpaired) electrons. The van der Waals surface area contributed by atoms with Crippen LogP contribution in [0, 0.1) is 6.92 Å². The summed E-state index contributed by atoms with van der Waals surface area (Å²) in [4.78, 5) is 21.8. The van der Waals surface area contributed by atoms with Crippen molar-refractivity contribution in [3.05, 3.63) is 61.0 Å². The Bertz CT molecular complexity index is 945. The number of aryl methyl sites for hydroxylation is 1. The highest BCUT2D eigenvalue weighted by Gasteiger charge is 2.08. The van der Waals surface area contributed by atoms with Gasteiger partial charge in [0.15, 0.2) is 5.13 Å². The van der Waals surface area contributed by atoms with Crippen molar-refractivity contribution in [2.24, 2.45) is 0 Å². The first-order valence-corrected chi connectivity index (χ1v) is 10.9. The Morgan fingerprint density at radius 2 is 2.11 bits per heavy atom. The summed E-state index contributed by atoms with van der Waals surface area (Å²) < 4.78 is 5.66. The maximum absolute atomic E-state index is 12.0. The quantitative estimate of drug-likeness (QED) is 0.451. The van der Waals surface area contributed by atoms with Gasteiger partial charge in [-0.1, -0.05) is 29.3 Å². The van der Waals surface area contributed by atoms with Gasteiger partial charge < -0.3 is 10.1 Å². The average Bonchev–Trinajstić information content (AvgIpc) is 3.28. The highest BCUT2D eigenvalue weighted by molar-refractivity contribution is 7.13. The van der Waals surface area contributed by atoms with E-state index in [1.807, 2.05) is 17.8 Å². The number of hydrogen-bond donors (Lipinski definition) is 2. The number of benzene rings is 1. The standard InChI is InChI=1S/C18H18Cl2N4O2S2/c1-11-16(28-10-22-11)4-5-26-8-13-9-27-18(23-13)24-17(25)21-7-12-2-3-14(19)15(20)6-12/h2-3,6,9-10H,4-5,7-8H2,1H3,(H2,21,23,24,25). The molecule has 10 heteroatoms. The zero-order chi connectivity index (χ0) is 19.9. The lowest BCUT2D eigenvalue weighted by Gasteiger charge is -2.06. The minimum atomic E-state index is -0.339. The van der Waals surface area contributed by atoms with Crippen molar-refractivity contribution >= 4 is 57.0 Å². The molecule has 2 N–H and O–H groups in total. The maximum Gasteiger partial charge on any atom is 0.321 e. The SMILES string of the molecule is Cc1ncsc1CCOCc1csc(NC(=O)NCc2ccc(Cl)c(Cl)c2)n1. The molecule has 0 aliphatic rings. The smallest absolute Gasteiger partial charge is 0.321 e. The minimum Gasteiger partial charge on any atom is -0.375 e. The van der Waals surface area contributed by atoms with Crippen molar-refractivity contribution in [2.45, 2.75) is 26.5 Å². The average molecular weight is 457 g/mol. The first-order chi connectivity index (χ1) is 13.5. The molecule has 0 atom stereocenters. The zero-order valence-electron chi connectivity index (χ0n) is 15.0. The lowest BCUT2D eigenvalue weighted by molar-refractivity contribution is 0.122. The van der Waals surface area contributed by atoms with Crippen molar-refractivity contribution in [1.29, 1.82) is 0 Å². The second-order valence-electron chi connectivity index (χ2n) is 5.86. The van der Waals surface area contributed by atoms with E-state index in [-0.39, 0.29) is 6.03 Å². The van der Waals surface area contributed by atoms with Crippen LogP contribution in [0.3, 0.4) is 0 Å². The second kappa shape index (κ2) is 10.2. The summed E-state index contributed by atoms with van der Waals surface area (Å²) in [5, 5.41) is 8.79. The van der Waals surface area contributed by atoms with E-state index in [1.165, 1.54) is 16.2 Å². The van der Waals surface area contributed by atoms with Crippen molar-refractivity contribution in [3.63, 3.8) is 0 Å². The topological polar surface area (TPSA) is 76.1 Å². The Hall–Kier alpha value is -1.71. The van der Waals surface area contributed by atoms with Gasteiger partial charge in [-0.05, 0) is 24.6 Å². The Kier molecular flexibility index (Phi) is 7.64. The van der Waals surface area contributed by atoms with Crippen molar-refractivity contribution in [2.75, 3.05) is 11.9 Å². The predicted octanol–water partition coefficient (Wildman–Crippen LogP) is 5.30. The van der Waals surface area contributed by atoms with Crippen LogP contribution in [-0.2, 0) is 24.3 Å². The van der Waals surface area contributed by atoms with E-state index in [1.54, 1.807) is 29.5 Å². The lowest BCUT2D eigenvalue weighted by Crippen LogP contribution is -2.28. The van der Waals surface area contributed by atoms with Crippen LogP contribution in [0.4, 0.5) is 9.93 Å². The molecule has 0 aliphatic heterocycles. The van der Waals surface area contributed by atoms with Crippen molar-refractivity contribution in [3.8, 4) is 0 Å². The van der Waals surface area contributed by atoms with E-state index in [0.717, 1.165) is 23.4 Å². The molecule has 0 bridgehead atoms. The molecule has 148 valence electrons. The van der Waals surface area contributed by atoms with Crippen LogP contribution >= 0.6 is 45.9 Å². The molecule has 2 aromatic heterocycles. The largest absolute Gasteiger partial charge is 0.375 e. The molecule has 2 amide bonds. The molecular weight excluding hydrogens is 439 g/mol. The summed E-state index contributed by atoms with van der Waals surface area (Å²) in [6.45, 7) is 3.34. The summed E-state index contributed by atoms with van der Waals surface area (Å²) in [7, 11) is 0. The summed E-state index contributed by atoms with van der Waals surface area (Å²) >= 11 is 14.8. The Balaban J connectivity index is 1.39. The molecule has 3 aromatic rings. The molecule has 3 rings (SSSR count). The van der Waals surface area contributed by atoms with Crippen molar-refractivity contribution in [1.82, 2.24) is 15.3 Å². The second-order valence-corrected chi connectivity index (χ2v) is 8.48. The Labute approximate surface area is 180 Å². The zero-order valence-corrected chi connectivity index (χ0v) is 18.1. The summed E-state index contributed by atoms with van der Waals surface area (Å²) in [6.07, 6.45) is 0.836. The molecule has 0 spiro atoms. The molecule has 0 aliphatic carbocycles. The molecular formula is C18H18Cl2N4O2S2. The molecule has 6 nitrogen and oxygen atoms in total. The molecule has 0 fully saturated rings. The number of carbonyl (C=O) groups excluding carboxylic acids is 1. The van der Waals surface area contributed by atoms with Crippen LogP contribution in [0.1, 0.15) is 21.8 Å². The number of nitrogens with zero attached hydrogens (tertiary/aromatic N) is 2. The first-order valence-electron chi connectivity index (χ1n) is 8.41. The number of halogens is 2. The molecule has 28 heavy (non-hydrogen) atoms. The van der Waals surface area contributed by atoms with Gasteiger partial charge in [0.1, 0.15) is 0 Å². The van der Waals surface area contributed by atoms with E-state index >= 15 is 0 Å². The van der Waals surface area contributed by atoms with Crippen LogP contribution in [0.2, 0.25) is 10.0 Å². The van der Waals surface area contributed by atoms with E-state index in [9.17, 15) is 4.79 Å². The molecule has 1 aromatic carbocycles. The third-order valence-corrected chi connectivity index (χ3v) is 6.32. The van der Waals surface area contributed by atoms with Crippen LogP contribution in [-0.4, -0.2) is 22.6 Å². The number of carbonyl (C=O) groups is 1. The van der Waals surface area contributed by atoms with Crippen LogP contribution < -0.4 is 10.6 Å². The number of aromatic nitrogens is 2. The van der Waals surface area contributed by atoms with Crippen LogP contribution in [0.5, 0.6) is 0 Å². The van der Waals surface area contributed by atoms with Gasteiger partial charge in [0, 0.05) is 23.2 Å². The number of anilines is 1. The summed E-state index contributed by atoms with van der Waals surface area (Å²) in [6, 6.07) is 4.88. The van der Waals surface area contributed by atoms with Gasteiger partial charge >= 0.3 is 6.03 Å². The van der Waals surface area contributed by atoms with E-state index in [0.29, 0.717) is 34.9 Å². The van der Waals surface area contributed by atoms with Gasteiger partial charge in [0.25, 0.3) is 0 Å². The normalized spacial score (nSPS) is 10.8. The highest BCUT2D eigenvalue weighted by atomic mass is 35.5. The van der Waals surface area contributed by atoms with E-state index in [2.05, 4.69) is 20.6 Å². The molecule has 2 heterocycles. The minimum absolute atomic E-state index is 0.334. The number of thiazole rings is 2. The van der Waals surface area contributed by atoms with Crippen molar-refractivity contribution < 1.29 is 9.53 Å². The van der Waals surface area contributed by atoms with Crippen LogP contribution in [0.15, 0.2) is 29.1 Å². The fourth-order valence-electron chi connectivity index (χ4n) is 2.31. The van der Waals surface area contributed by atoms with Gasteiger partial charge in [0.2, 0.25) is 0 Å². The van der Waals surface area contributed by atoms with Gasteiger partial charge in [-0.3, -0.25) is 5.32 Å². The van der Waals surface area contributed by atoms with E-state index < -0.39 is 0 Å². The van der Waals surface area contributed by atoms with Crippen LogP contribution in [0.25, 0.3) is 0 Å². The first kappa shape index (κ1) is 21.0. The maximum atomic E-state index is 12.0. The fourth-order valence-corrected chi connectivity index (χ4v) is 4.08. The third kappa shape index (κ3) is 6.15. The van der Waals surface area contributed by atoms with Gasteiger partial charge in [-0.2, -0.15) is 0 Å². The number of amides is 2. The monoisotopic (exact) mass is 456 g/mol.